The molecule has 30 heavy (non-hydrogen) atoms. The maximum Gasteiger partial charge on any atom is 0.270 e. The lowest BCUT2D eigenvalue weighted by Crippen LogP contribution is -2.54. The molecule has 2 fully saturated rings. The number of rotatable bonds is 3. The number of nitrogens with zero attached hydrogens (tertiary/aromatic N) is 2. The van der Waals surface area contributed by atoms with E-state index in [-0.39, 0.29) is 20.7 Å². The minimum absolute atomic E-state index is 0.0428. The molecular formula is C21H17Cl2N3O3S. The van der Waals surface area contributed by atoms with E-state index in [4.69, 9.17) is 40.2 Å². The quantitative estimate of drug-likeness (QED) is 0.429. The lowest BCUT2D eigenvalue weighted by Gasteiger charge is -2.30. The van der Waals surface area contributed by atoms with E-state index in [1.165, 1.54) is 11.0 Å². The molecule has 9 heteroatoms. The van der Waals surface area contributed by atoms with Crippen LogP contribution in [0.5, 0.6) is 0 Å². The Morgan fingerprint density at radius 1 is 1.03 bits per heavy atom. The third-order valence-corrected chi connectivity index (χ3v) is 5.95. The number of nitrogens with one attached hydrogen (secondary N) is 1. The number of hydrogen-bond donors (Lipinski definition) is 1. The summed E-state index contributed by atoms with van der Waals surface area (Å²) in [6, 6.07) is 12.5. The molecule has 2 aromatic rings. The van der Waals surface area contributed by atoms with E-state index < -0.39 is 11.8 Å². The largest absolute Gasteiger partial charge is 0.378 e. The Bertz CT molecular complexity index is 1050. The van der Waals surface area contributed by atoms with E-state index in [9.17, 15) is 9.59 Å². The number of carbonyl (C=O) groups excluding carboxylic acids is 2. The van der Waals surface area contributed by atoms with Gasteiger partial charge >= 0.3 is 0 Å². The normalized spacial score (nSPS) is 18.7. The van der Waals surface area contributed by atoms with Gasteiger partial charge in [0, 0.05) is 18.8 Å². The molecule has 2 aliphatic heterocycles. The first kappa shape index (κ1) is 20.8. The lowest BCUT2D eigenvalue weighted by molar-refractivity contribution is -0.122. The highest BCUT2D eigenvalue weighted by atomic mass is 35.5. The second kappa shape index (κ2) is 8.73. The summed E-state index contributed by atoms with van der Waals surface area (Å²) in [5.41, 5.74) is 2.05. The summed E-state index contributed by atoms with van der Waals surface area (Å²) in [6.45, 7) is 3.05. The molecule has 2 heterocycles. The molecule has 0 aliphatic carbocycles. The minimum atomic E-state index is -0.565. The number of benzene rings is 2. The van der Waals surface area contributed by atoms with E-state index in [1.54, 1.807) is 18.2 Å². The molecule has 2 saturated heterocycles. The van der Waals surface area contributed by atoms with Crippen LogP contribution in [0.25, 0.3) is 6.08 Å². The fourth-order valence-corrected chi connectivity index (χ4v) is 3.96. The fourth-order valence-electron chi connectivity index (χ4n) is 3.31. The first-order chi connectivity index (χ1) is 14.5. The molecule has 4 rings (SSSR count). The van der Waals surface area contributed by atoms with Crippen LogP contribution in [0.15, 0.2) is 48.0 Å². The van der Waals surface area contributed by atoms with E-state index in [2.05, 4.69) is 10.2 Å². The number of thiocarbonyl (C=S) groups is 1. The number of morpholine rings is 1. The van der Waals surface area contributed by atoms with Gasteiger partial charge in [0.2, 0.25) is 0 Å². The van der Waals surface area contributed by atoms with Crippen molar-refractivity contribution in [2.45, 2.75) is 0 Å². The third-order valence-electron chi connectivity index (χ3n) is 4.85. The second-order valence-corrected chi connectivity index (χ2v) is 7.89. The lowest BCUT2D eigenvalue weighted by atomic mass is 10.1. The van der Waals surface area contributed by atoms with Crippen molar-refractivity contribution < 1.29 is 14.3 Å². The Labute approximate surface area is 189 Å². The molecule has 0 bridgehead atoms. The maximum atomic E-state index is 13.1. The zero-order valence-electron chi connectivity index (χ0n) is 15.7. The zero-order chi connectivity index (χ0) is 21.3. The van der Waals surface area contributed by atoms with Gasteiger partial charge < -0.3 is 9.64 Å². The van der Waals surface area contributed by atoms with Crippen molar-refractivity contribution in [3.63, 3.8) is 0 Å². The van der Waals surface area contributed by atoms with Crippen molar-refractivity contribution in [1.82, 2.24) is 5.32 Å². The molecule has 0 unspecified atom stereocenters. The standard InChI is InChI=1S/C21H17Cl2N3O3S/c22-16-2-1-3-17(18(16)23)26-20(28)15(19(27)24-21(26)30)12-13-4-6-14(7-5-13)25-8-10-29-11-9-25/h1-7,12H,8-11H2,(H,24,27,30)/b15-12+. The molecule has 2 aliphatic rings. The van der Waals surface area contributed by atoms with E-state index >= 15 is 0 Å². The van der Waals surface area contributed by atoms with Crippen LogP contribution in [0.1, 0.15) is 5.56 Å². The molecular weight excluding hydrogens is 445 g/mol. The molecule has 0 saturated carbocycles. The Kier molecular flexibility index (Phi) is 6.06. The smallest absolute Gasteiger partial charge is 0.270 e. The van der Waals surface area contributed by atoms with Crippen molar-refractivity contribution in [1.29, 1.82) is 0 Å². The molecule has 154 valence electrons. The molecule has 2 aromatic carbocycles. The monoisotopic (exact) mass is 461 g/mol. The summed E-state index contributed by atoms with van der Waals surface area (Å²) in [4.78, 5) is 29.0. The fraction of sp³-hybridized carbons (Fsp3) is 0.190. The molecule has 0 aromatic heterocycles. The van der Waals surface area contributed by atoms with Crippen LogP contribution in [-0.2, 0) is 14.3 Å². The first-order valence-electron chi connectivity index (χ1n) is 9.24. The summed E-state index contributed by atoms with van der Waals surface area (Å²) >= 11 is 17.5. The van der Waals surface area contributed by atoms with Gasteiger partial charge in [-0.05, 0) is 48.1 Å². The second-order valence-electron chi connectivity index (χ2n) is 6.72. The number of amides is 2. The highest BCUT2D eigenvalue weighted by molar-refractivity contribution is 7.80. The van der Waals surface area contributed by atoms with Gasteiger partial charge in [0.1, 0.15) is 5.57 Å². The van der Waals surface area contributed by atoms with Gasteiger partial charge in [-0.1, -0.05) is 41.4 Å². The summed E-state index contributed by atoms with van der Waals surface area (Å²) in [6.07, 6.45) is 1.54. The number of anilines is 2. The molecule has 1 N–H and O–H groups in total. The predicted molar refractivity (Wildman–Crippen MR) is 122 cm³/mol. The van der Waals surface area contributed by atoms with Crippen molar-refractivity contribution >= 4 is 69.8 Å². The topological polar surface area (TPSA) is 61.9 Å². The van der Waals surface area contributed by atoms with Gasteiger partial charge in [0.25, 0.3) is 11.8 Å². The Morgan fingerprint density at radius 3 is 2.43 bits per heavy atom. The van der Waals surface area contributed by atoms with Gasteiger partial charge in [-0.25, -0.2) is 0 Å². The molecule has 0 spiro atoms. The van der Waals surface area contributed by atoms with E-state index in [0.717, 1.165) is 24.3 Å². The van der Waals surface area contributed by atoms with Crippen molar-refractivity contribution in [3.8, 4) is 0 Å². The minimum Gasteiger partial charge on any atom is -0.378 e. The van der Waals surface area contributed by atoms with Gasteiger partial charge in [-0.2, -0.15) is 0 Å². The van der Waals surface area contributed by atoms with Crippen molar-refractivity contribution in [2.75, 3.05) is 36.1 Å². The number of carbonyl (C=O) groups is 2. The molecule has 2 amide bonds. The average Bonchev–Trinajstić information content (AvgIpc) is 2.75. The number of halogens is 2. The van der Waals surface area contributed by atoms with Crippen LogP contribution in [0.3, 0.4) is 0 Å². The first-order valence-corrected chi connectivity index (χ1v) is 10.4. The molecule has 0 atom stereocenters. The maximum absolute atomic E-state index is 13.1. The van der Waals surface area contributed by atoms with Crippen LogP contribution < -0.4 is 15.1 Å². The Balaban J connectivity index is 1.63. The van der Waals surface area contributed by atoms with E-state index in [1.807, 2.05) is 24.3 Å². The number of hydrogen-bond acceptors (Lipinski definition) is 5. The summed E-state index contributed by atoms with van der Waals surface area (Å²) < 4.78 is 5.37. The molecule has 6 nitrogen and oxygen atoms in total. The van der Waals surface area contributed by atoms with Crippen LogP contribution in [0.4, 0.5) is 11.4 Å². The van der Waals surface area contributed by atoms with Gasteiger partial charge in [-0.3, -0.25) is 19.8 Å². The van der Waals surface area contributed by atoms with Gasteiger partial charge in [0.05, 0.1) is 28.9 Å². The molecule has 0 radical (unpaired) electrons. The highest BCUT2D eigenvalue weighted by Gasteiger charge is 2.35. The van der Waals surface area contributed by atoms with Gasteiger partial charge in [-0.15, -0.1) is 0 Å². The van der Waals surface area contributed by atoms with Gasteiger partial charge in [0.15, 0.2) is 5.11 Å². The summed E-state index contributed by atoms with van der Waals surface area (Å²) in [7, 11) is 0. The van der Waals surface area contributed by atoms with Crippen molar-refractivity contribution in [3.05, 3.63) is 63.6 Å². The van der Waals surface area contributed by atoms with E-state index in [0.29, 0.717) is 18.9 Å². The van der Waals surface area contributed by atoms with Crippen molar-refractivity contribution in [2.24, 2.45) is 0 Å². The van der Waals surface area contributed by atoms with Crippen LogP contribution in [0, 0.1) is 0 Å². The highest BCUT2D eigenvalue weighted by Crippen LogP contribution is 2.34. The summed E-state index contributed by atoms with van der Waals surface area (Å²) in [5.74, 6) is -1.12. The third kappa shape index (κ3) is 4.06. The Hall–Kier alpha value is -2.45. The van der Waals surface area contributed by atoms with Crippen LogP contribution in [0.2, 0.25) is 10.0 Å². The van der Waals surface area contributed by atoms with Crippen LogP contribution in [-0.4, -0.2) is 43.2 Å². The average molecular weight is 462 g/mol. The number of ether oxygens (including phenoxy) is 1. The summed E-state index contributed by atoms with van der Waals surface area (Å²) in [5, 5.41) is 2.96. The Morgan fingerprint density at radius 2 is 1.73 bits per heavy atom. The predicted octanol–water partition coefficient (Wildman–Crippen LogP) is 3.66. The zero-order valence-corrected chi connectivity index (χ0v) is 18.1. The SMILES string of the molecule is O=C1NC(=S)N(c2cccc(Cl)c2Cl)C(=O)/C1=C/c1ccc(N2CCOCC2)cc1. The van der Waals surface area contributed by atoms with Crippen LogP contribution >= 0.6 is 35.4 Å².